The molecule has 0 amide bonds. The van der Waals surface area contributed by atoms with Crippen molar-refractivity contribution in [2.24, 2.45) is 0 Å². The summed E-state index contributed by atoms with van der Waals surface area (Å²) in [5.74, 6) is 1.07. The molecule has 0 saturated heterocycles. The molecule has 0 aliphatic rings. The molecule has 0 atom stereocenters. The van der Waals surface area contributed by atoms with Crippen molar-refractivity contribution in [3.05, 3.63) is 24.3 Å². The van der Waals surface area contributed by atoms with E-state index in [-0.39, 0.29) is 0 Å². The van der Waals surface area contributed by atoms with Crippen molar-refractivity contribution in [2.45, 2.75) is 115 Å². The molecule has 1 rings (SSSR count). The molecular weight excluding hydrogens is 366 g/mol. The van der Waals surface area contributed by atoms with Crippen LogP contribution in [0, 0.1) is 0 Å². The van der Waals surface area contributed by atoms with Gasteiger partial charge in [0, 0.05) is 10.6 Å². The Bertz CT molecular complexity index is 355. The minimum atomic E-state index is 0.780. The van der Waals surface area contributed by atoms with Gasteiger partial charge in [-0.15, -0.1) is 12.6 Å². The maximum absolute atomic E-state index is 5.39. The highest BCUT2D eigenvalue weighted by atomic mass is 32.1. The zero-order chi connectivity index (χ0) is 20.0. The summed E-state index contributed by atoms with van der Waals surface area (Å²) in [5, 5.41) is 0. The first kappa shape index (κ1) is 26.7. The van der Waals surface area contributed by atoms with E-state index >= 15 is 0 Å². The van der Waals surface area contributed by atoms with Crippen LogP contribution >= 0.6 is 25.3 Å². The van der Waals surface area contributed by atoms with Crippen LogP contribution in [0.1, 0.15) is 110 Å². The van der Waals surface area contributed by atoms with Crippen LogP contribution in [-0.4, -0.2) is 5.75 Å². The molecular formula is C24H45NS2. The molecule has 0 radical (unpaired) electrons. The van der Waals surface area contributed by atoms with Crippen molar-refractivity contribution in [1.82, 2.24) is 0 Å². The Morgan fingerprint density at radius 2 is 0.926 bits per heavy atom. The van der Waals surface area contributed by atoms with Gasteiger partial charge in [-0.1, -0.05) is 103 Å². The predicted octanol–water partition coefficient (Wildman–Crippen LogP) is 8.74. The van der Waals surface area contributed by atoms with Gasteiger partial charge in [-0.3, -0.25) is 0 Å². The zero-order valence-electron chi connectivity index (χ0n) is 17.8. The second-order valence-electron chi connectivity index (χ2n) is 7.62. The fourth-order valence-corrected chi connectivity index (χ4v) is 3.51. The molecule has 1 aromatic carbocycles. The normalized spacial score (nSPS) is 10.5. The highest BCUT2D eigenvalue weighted by molar-refractivity contribution is 7.80. The van der Waals surface area contributed by atoms with Gasteiger partial charge >= 0.3 is 0 Å². The highest BCUT2D eigenvalue weighted by Crippen LogP contribution is 2.13. The van der Waals surface area contributed by atoms with Crippen LogP contribution in [0.5, 0.6) is 0 Å². The number of hydrogen-bond acceptors (Lipinski definition) is 3. The first-order valence-electron chi connectivity index (χ1n) is 11.4. The van der Waals surface area contributed by atoms with Crippen LogP contribution < -0.4 is 5.73 Å². The molecule has 158 valence electrons. The molecule has 0 aromatic heterocycles. The van der Waals surface area contributed by atoms with Gasteiger partial charge < -0.3 is 5.73 Å². The van der Waals surface area contributed by atoms with Gasteiger partial charge in [0.25, 0.3) is 0 Å². The SMILES string of the molecule is CCCCCCCCCCCCCCCCCCS.Nc1ccc(S)cc1. The van der Waals surface area contributed by atoms with Crippen LogP contribution in [0.3, 0.4) is 0 Å². The van der Waals surface area contributed by atoms with Gasteiger partial charge in [-0.25, -0.2) is 0 Å². The lowest BCUT2D eigenvalue weighted by atomic mass is 10.0. The number of thiol groups is 2. The quantitative estimate of drug-likeness (QED) is 0.141. The third kappa shape index (κ3) is 21.9. The third-order valence-corrected chi connectivity index (χ3v) is 5.52. The second kappa shape index (κ2) is 22.0. The lowest BCUT2D eigenvalue weighted by molar-refractivity contribution is 0.532. The van der Waals surface area contributed by atoms with Crippen LogP contribution in [0.15, 0.2) is 29.2 Å². The minimum Gasteiger partial charge on any atom is -0.399 e. The summed E-state index contributed by atoms with van der Waals surface area (Å²) in [6.45, 7) is 2.29. The van der Waals surface area contributed by atoms with E-state index in [1.54, 1.807) is 0 Å². The highest BCUT2D eigenvalue weighted by Gasteiger charge is 1.94. The average molecular weight is 412 g/mol. The Hall–Kier alpha value is -0.280. The summed E-state index contributed by atoms with van der Waals surface area (Å²) in [7, 11) is 0. The van der Waals surface area contributed by atoms with E-state index in [0.29, 0.717) is 0 Å². The zero-order valence-corrected chi connectivity index (χ0v) is 19.6. The molecule has 0 bridgehead atoms. The van der Waals surface area contributed by atoms with E-state index in [9.17, 15) is 0 Å². The second-order valence-corrected chi connectivity index (χ2v) is 8.58. The fourth-order valence-electron chi connectivity index (χ4n) is 3.13. The fraction of sp³-hybridized carbons (Fsp3) is 0.750. The molecule has 2 N–H and O–H groups in total. The van der Waals surface area contributed by atoms with Gasteiger partial charge in [0.15, 0.2) is 0 Å². The molecule has 0 heterocycles. The van der Waals surface area contributed by atoms with Crippen LogP contribution in [0.25, 0.3) is 0 Å². The summed E-state index contributed by atoms with van der Waals surface area (Å²) in [6.07, 6.45) is 23.1. The van der Waals surface area contributed by atoms with Crippen molar-refractivity contribution in [3.63, 3.8) is 0 Å². The lowest BCUT2D eigenvalue weighted by Gasteiger charge is -2.03. The van der Waals surface area contributed by atoms with Crippen LogP contribution in [-0.2, 0) is 0 Å². The number of rotatable bonds is 16. The number of unbranched alkanes of at least 4 members (excludes halogenated alkanes) is 15. The smallest absolute Gasteiger partial charge is 0.0314 e. The van der Waals surface area contributed by atoms with Crippen molar-refractivity contribution >= 4 is 30.9 Å². The molecule has 0 aliphatic heterocycles. The van der Waals surface area contributed by atoms with Crippen LogP contribution in [0.4, 0.5) is 5.69 Å². The van der Waals surface area contributed by atoms with Crippen molar-refractivity contribution < 1.29 is 0 Å². The van der Waals surface area contributed by atoms with E-state index in [0.717, 1.165) is 16.3 Å². The number of benzene rings is 1. The first-order valence-corrected chi connectivity index (χ1v) is 12.4. The summed E-state index contributed by atoms with van der Waals surface area (Å²) in [4.78, 5) is 0.944. The number of nitrogens with two attached hydrogens (primary N) is 1. The van der Waals surface area contributed by atoms with E-state index in [2.05, 4.69) is 32.2 Å². The maximum Gasteiger partial charge on any atom is 0.0314 e. The average Bonchev–Trinajstić information content (AvgIpc) is 2.68. The van der Waals surface area contributed by atoms with Crippen LogP contribution in [0.2, 0.25) is 0 Å². The van der Waals surface area contributed by atoms with E-state index in [4.69, 9.17) is 5.73 Å². The maximum atomic E-state index is 5.39. The molecule has 3 heteroatoms. The number of hydrogen-bond donors (Lipinski definition) is 3. The van der Waals surface area contributed by atoms with Gasteiger partial charge in [0.1, 0.15) is 0 Å². The van der Waals surface area contributed by atoms with Gasteiger partial charge in [-0.2, -0.15) is 12.6 Å². The number of anilines is 1. The Balaban J connectivity index is 0.000000694. The standard InChI is InChI=1S/C18H38S.C6H7NS/c1-2-3-4-5-6-7-8-9-10-11-12-13-14-15-16-17-18-19;7-5-1-3-6(8)4-2-5/h19H,2-18H2,1H3;1-4,8H,7H2. The monoisotopic (exact) mass is 411 g/mol. The van der Waals surface area contributed by atoms with E-state index in [1.165, 1.54) is 103 Å². The Kier molecular flexibility index (Phi) is 21.8. The van der Waals surface area contributed by atoms with E-state index < -0.39 is 0 Å². The van der Waals surface area contributed by atoms with Crippen molar-refractivity contribution in [2.75, 3.05) is 11.5 Å². The van der Waals surface area contributed by atoms with Gasteiger partial charge in [-0.05, 0) is 36.4 Å². The molecule has 0 aliphatic carbocycles. The largest absolute Gasteiger partial charge is 0.399 e. The molecule has 0 saturated carbocycles. The third-order valence-electron chi connectivity index (χ3n) is 4.90. The Labute approximate surface area is 181 Å². The minimum absolute atomic E-state index is 0.780. The van der Waals surface area contributed by atoms with Gasteiger partial charge in [0.05, 0.1) is 0 Å². The number of nitrogen functional groups attached to an aromatic ring is 1. The van der Waals surface area contributed by atoms with Crippen molar-refractivity contribution in [1.29, 1.82) is 0 Å². The Morgan fingerprint density at radius 3 is 1.22 bits per heavy atom. The molecule has 0 fully saturated rings. The van der Waals surface area contributed by atoms with Gasteiger partial charge in [0.2, 0.25) is 0 Å². The topological polar surface area (TPSA) is 26.0 Å². The summed E-state index contributed by atoms with van der Waals surface area (Å²) in [5.41, 5.74) is 6.17. The predicted molar refractivity (Wildman–Crippen MR) is 132 cm³/mol. The van der Waals surface area contributed by atoms with E-state index in [1.807, 2.05) is 24.3 Å². The summed E-state index contributed by atoms with van der Waals surface area (Å²) in [6, 6.07) is 7.36. The lowest BCUT2D eigenvalue weighted by Crippen LogP contribution is -1.83. The summed E-state index contributed by atoms with van der Waals surface area (Å²) >= 11 is 8.32. The Morgan fingerprint density at radius 1 is 0.593 bits per heavy atom. The molecule has 1 aromatic rings. The summed E-state index contributed by atoms with van der Waals surface area (Å²) < 4.78 is 0. The first-order chi connectivity index (χ1) is 13.2. The molecule has 0 spiro atoms. The molecule has 0 unspecified atom stereocenters. The molecule has 1 nitrogen and oxygen atoms in total. The van der Waals surface area contributed by atoms with Crippen molar-refractivity contribution in [3.8, 4) is 0 Å². The molecule has 27 heavy (non-hydrogen) atoms.